The Bertz CT molecular complexity index is 659. The maximum absolute atomic E-state index is 12.3. The third kappa shape index (κ3) is 6.51. The Morgan fingerprint density at radius 1 is 0.875 bits per heavy atom. The van der Waals surface area contributed by atoms with Gasteiger partial charge in [-0.15, -0.1) is 0 Å². The average molecular weight is 321 g/mol. The second kappa shape index (κ2) is 9.84. The van der Waals surface area contributed by atoms with Crippen molar-refractivity contribution in [3.05, 3.63) is 71.3 Å². The Morgan fingerprint density at radius 3 is 2.33 bits per heavy atom. The van der Waals surface area contributed by atoms with E-state index < -0.39 is 0 Å². The standard InChI is InChI=1S/C22H27NO/c1-23(2)17-8-4-7-14-22(24)21-13-9-12-20(18-21)16-15-19-10-5-3-6-11-19/h3,5-6,9-13,15-16,18H,4,7-8,14,17H2,1-2H3. The van der Waals surface area contributed by atoms with Crippen molar-refractivity contribution < 1.29 is 4.79 Å². The van der Waals surface area contributed by atoms with Crippen molar-refractivity contribution in [2.75, 3.05) is 20.6 Å². The van der Waals surface area contributed by atoms with Gasteiger partial charge in [0.25, 0.3) is 0 Å². The molecule has 0 radical (unpaired) electrons. The normalized spacial score (nSPS) is 11.3. The lowest BCUT2D eigenvalue weighted by Gasteiger charge is -2.08. The summed E-state index contributed by atoms with van der Waals surface area (Å²) in [7, 11) is 4.17. The fourth-order valence-corrected chi connectivity index (χ4v) is 2.61. The molecule has 0 spiro atoms. The molecule has 24 heavy (non-hydrogen) atoms. The van der Waals surface area contributed by atoms with Crippen molar-refractivity contribution in [2.24, 2.45) is 0 Å². The van der Waals surface area contributed by atoms with E-state index in [9.17, 15) is 4.79 Å². The van der Waals surface area contributed by atoms with Crippen molar-refractivity contribution in [3.8, 4) is 0 Å². The third-order valence-electron chi connectivity index (χ3n) is 3.99. The van der Waals surface area contributed by atoms with Crippen molar-refractivity contribution in [1.29, 1.82) is 0 Å². The highest BCUT2D eigenvalue weighted by molar-refractivity contribution is 5.96. The predicted molar refractivity (Wildman–Crippen MR) is 103 cm³/mol. The summed E-state index contributed by atoms with van der Waals surface area (Å²) in [4.78, 5) is 14.5. The number of Topliss-reactive ketones (excluding diaryl/α,β-unsaturated/α-hetero) is 1. The zero-order valence-corrected chi connectivity index (χ0v) is 14.7. The van der Waals surface area contributed by atoms with E-state index in [4.69, 9.17) is 0 Å². The quantitative estimate of drug-likeness (QED) is 0.361. The van der Waals surface area contributed by atoms with Crippen LogP contribution in [0.1, 0.15) is 47.2 Å². The minimum atomic E-state index is 0.245. The highest BCUT2D eigenvalue weighted by Gasteiger charge is 2.05. The van der Waals surface area contributed by atoms with Crippen LogP contribution in [0.2, 0.25) is 0 Å². The number of rotatable bonds is 9. The first-order valence-electron chi connectivity index (χ1n) is 8.66. The molecule has 2 aromatic carbocycles. The molecule has 2 aromatic rings. The van der Waals surface area contributed by atoms with Crippen molar-refractivity contribution in [2.45, 2.75) is 25.7 Å². The fraction of sp³-hybridized carbons (Fsp3) is 0.318. The second-order valence-corrected chi connectivity index (χ2v) is 6.41. The molecule has 0 aliphatic heterocycles. The van der Waals surface area contributed by atoms with Crippen LogP contribution in [0, 0.1) is 0 Å². The molecule has 0 saturated carbocycles. The summed E-state index contributed by atoms with van der Waals surface area (Å²) < 4.78 is 0. The first-order chi connectivity index (χ1) is 11.6. The van der Waals surface area contributed by atoms with Crippen LogP contribution in [-0.2, 0) is 0 Å². The summed E-state index contributed by atoms with van der Waals surface area (Å²) in [6.45, 7) is 1.09. The van der Waals surface area contributed by atoms with Gasteiger partial charge < -0.3 is 4.90 Å². The number of benzene rings is 2. The third-order valence-corrected chi connectivity index (χ3v) is 3.99. The van der Waals surface area contributed by atoms with E-state index >= 15 is 0 Å². The van der Waals surface area contributed by atoms with Gasteiger partial charge in [-0.05, 0) is 50.7 Å². The number of hydrogen-bond acceptors (Lipinski definition) is 2. The molecule has 0 unspecified atom stereocenters. The molecule has 0 heterocycles. The maximum atomic E-state index is 12.3. The number of nitrogens with zero attached hydrogens (tertiary/aromatic N) is 1. The minimum absolute atomic E-state index is 0.245. The first kappa shape index (κ1) is 18.2. The summed E-state index contributed by atoms with van der Waals surface area (Å²) in [6.07, 6.45) is 8.00. The van der Waals surface area contributed by atoms with Crippen LogP contribution in [-0.4, -0.2) is 31.3 Å². The highest BCUT2D eigenvalue weighted by Crippen LogP contribution is 2.13. The largest absolute Gasteiger partial charge is 0.309 e. The van der Waals surface area contributed by atoms with E-state index in [0.29, 0.717) is 6.42 Å². The summed E-state index contributed by atoms with van der Waals surface area (Å²) in [5.74, 6) is 0.245. The van der Waals surface area contributed by atoms with Crippen molar-refractivity contribution >= 4 is 17.9 Å². The van der Waals surface area contributed by atoms with Gasteiger partial charge in [0.1, 0.15) is 0 Å². The zero-order valence-electron chi connectivity index (χ0n) is 14.7. The van der Waals surface area contributed by atoms with Crippen molar-refractivity contribution in [1.82, 2.24) is 4.90 Å². The van der Waals surface area contributed by atoms with Gasteiger partial charge in [-0.2, -0.15) is 0 Å². The smallest absolute Gasteiger partial charge is 0.162 e. The Morgan fingerprint density at radius 2 is 1.58 bits per heavy atom. The molecule has 0 aromatic heterocycles. The van der Waals surface area contributed by atoms with Crippen LogP contribution < -0.4 is 0 Å². The maximum Gasteiger partial charge on any atom is 0.162 e. The van der Waals surface area contributed by atoms with Gasteiger partial charge >= 0.3 is 0 Å². The lowest BCUT2D eigenvalue weighted by molar-refractivity contribution is 0.0979. The number of carbonyl (C=O) groups excluding carboxylic acids is 1. The van der Waals surface area contributed by atoms with E-state index in [1.807, 2.05) is 42.5 Å². The van der Waals surface area contributed by atoms with Crippen LogP contribution in [0.4, 0.5) is 0 Å². The van der Waals surface area contributed by atoms with Crippen molar-refractivity contribution in [3.63, 3.8) is 0 Å². The number of unbranched alkanes of at least 4 members (excludes halogenated alkanes) is 2. The van der Waals surface area contributed by atoms with Crippen LogP contribution in [0.15, 0.2) is 54.6 Å². The number of hydrogen-bond donors (Lipinski definition) is 0. The summed E-state index contributed by atoms with van der Waals surface area (Å²) >= 11 is 0. The van der Waals surface area contributed by atoms with Gasteiger partial charge in [0.2, 0.25) is 0 Å². The van der Waals surface area contributed by atoms with Gasteiger partial charge in [0, 0.05) is 12.0 Å². The molecule has 126 valence electrons. The Labute approximate surface area is 145 Å². The molecule has 2 nitrogen and oxygen atoms in total. The van der Waals surface area contributed by atoms with Crippen LogP contribution >= 0.6 is 0 Å². The van der Waals surface area contributed by atoms with Gasteiger partial charge in [-0.3, -0.25) is 4.79 Å². The van der Waals surface area contributed by atoms with E-state index in [1.54, 1.807) is 0 Å². The molecule has 0 bridgehead atoms. The Kier molecular flexibility index (Phi) is 7.44. The van der Waals surface area contributed by atoms with E-state index in [1.165, 1.54) is 0 Å². The molecule has 0 saturated heterocycles. The SMILES string of the molecule is CN(C)CCCCCC(=O)c1cccc(C=Cc2ccccc2)c1. The van der Waals surface area contributed by atoms with E-state index in [0.717, 1.165) is 42.5 Å². The molecular formula is C22H27NO. The second-order valence-electron chi connectivity index (χ2n) is 6.41. The average Bonchev–Trinajstić information content (AvgIpc) is 2.60. The fourth-order valence-electron chi connectivity index (χ4n) is 2.61. The summed E-state index contributed by atoms with van der Waals surface area (Å²) in [5, 5.41) is 0. The Hall–Kier alpha value is -2.19. The first-order valence-corrected chi connectivity index (χ1v) is 8.66. The van der Waals surface area contributed by atoms with Crippen LogP contribution in [0.25, 0.3) is 12.2 Å². The van der Waals surface area contributed by atoms with E-state index in [2.05, 4.69) is 43.3 Å². The highest BCUT2D eigenvalue weighted by atomic mass is 16.1. The van der Waals surface area contributed by atoms with Crippen LogP contribution in [0.5, 0.6) is 0 Å². The molecule has 0 fully saturated rings. The molecular weight excluding hydrogens is 294 g/mol. The lowest BCUT2D eigenvalue weighted by atomic mass is 10.0. The lowest BCUT2D eigenvalue weighted by Crippen LogP contribution is -2.12. The summed E-state index contributed by atoms with van der Waals surface area (Å²) in [5.41, 5.74) is 3.05. The number of carbonyl (C=O) groups is 1. The van der Waals surface area contributed by atoms with E-state index in [-0.39, 0.29) is 5.78 Å². The molecule has 2 rings (SSSR count). The zero-order chi connectivity index (χ0) is 17.2. The monoisotopic (exact) mass is 321 g/mol. The topological polar surface area (TPSA) is 20.3 Å². The number of ketones is 1. The minimum Gasteiger partial charge on any atom is -0.309 e. The predicted octanol–water partition coefficient (Wildman–Crippen LogP) is 5.16. The van der Waals surface area contributed by atoms with Gasteiger partial charge in [0.15, 0.2) is 5.78 Å². The van der Waals surface area contributed by atoms with Gasteiger partial charge in [-0.1, -0.05) is 67.1 Å². The molecule has 0 aliphatic carbocycles. The molecule has 0 amide bonds. The molecule has 2 heteroatoms. The summed E-state index contributed by atoms with van der Waals surface area (Å²) in [6, 6.07) is 18.1. The van der Waals surface area contributed by atoms with Crippen LogP contribution in [0.3, 0.4) is 0 Å². The molecule has 0 atom stereocenters. The Balaban J connectivity index is 1.87. The van der Waals surface area contributed by atoms with Gasteiger partial charge in [0.05, 0.1) is 0 Å². The molecule has 0 N–H and O–H groups in total. The van der Waals surface area contributed by atoms with Gasteiger partial charge in [-0.25, -0.2) is 0 Å². The molecule has 0 aliphatic rings.